The average Bonchev–Trinajstić information content (AvgIpc) is 3.19. The molecule has 0 aliphatic heterocycles. The SMILES string of the molecule is COC(=O)c1cc(NC(=O)COC(=O)c2cc3c(s2)CCC(C)C3)cc(C(=O)OC)c1. The lowest BCUT2D eigenvalue weighted by Gasteiger charge is -2.16. The Hall–Kier alpha value is -3.20. The summed E-state index contributed by atoms with van der Waals surface area (Å²) in [6.45, 7) is 1.68. The van der Waals surface area contributed by atoms with Gasteiger partial charge in [0.15, 0.2) is 6.61 Å². The molecule has 164 valence electrons. The van der Waals surface area contributed by atoms with Crippen LogP contribution in [0, 0.1) is 5.92 Å². The third-order valence-corrected chi connectivity index (χ3v) is 6.14. The summed E-state index contributed by atoms with van der Waals surface area (Å²) < 4.78 is 14.5. The maximum Gasteiger partial charge on any atom is 0.348 e. The Morgan fingerprint density at radius 2 is 1.65 bits per heavy atom. The van der Waals surface area contributed by atoms with Crippen molar-refractivity contribution in [1.29, 1.82) is 0 Å². The van der Waals surface area contributed by atoms with E-state index in [9.17, 15) is 19.2 Å². The second kappa shape index (κ2) is 9.74. The molecule has 0 saturated heterocycles. The fourth-order valence-corrected chi connectivity index (χ4v) is 4.48. The van der Waals surface area contributed by atoms with E-state index < -0.39 is 30.4 Å². The number of amides is 1. The van der Waals surface area contributed by atoms with E-state index in [-0.39, 0.29) is 16.8 Å². The molecular weight excluding hydrogens is 422 g/mol. The fourth-order valence-electron chi connectivity index (χ4n) is 3.38. The zero-order valence-electron chi connectivity index (χ0n) is 17.5. The molecule has 31 heavy (non-hydrogen) atoms. The number of benzene rings is 1. The van der Waals surface area contributed by atoms with E-state index in [0.29, 0.717) is 10.8 Å². The number of carbonyl (C=O) groups is 4. The van der Waals surface area contributed by atoms with Crippen molar-refractivity contribution in [3.05, 3.63) is 50.7 Å². The highest BCUT2D eigenvalue weighted by Crippen LogP contribution is 2.32. The van der Waals surface area contributed by atoms with E-state index >= 15 is 0 Å². The van der Waals surface area contributed by atoms with Crippen molar-refractivity contribution in [2.45, 2.75) is 26.2 Å². The molecule has 0 spiro atoms. The molecule has 0 fully saturated rings. The summed E-state index contributed by atoms with van der Waals surface area (Å²) in [5.41, 5.74) is 1.48. The average molecular weight is 445 g/mol. The van der Waals surface area contributed by atoms with Crippen LogP contribution in [-0.4, -0.2) is 44.6 Å². The van der Waals surface area contributed by atoms with Gasteiger partial charge in [-0.05, 0) is 55.0 Å². The van der Waals surface area contributed by atoms with Gasteiger partial charge in [-0.25, -0.2) is 14.4 Å². The van der Waals surface area contributed by atoms with Crippen LogP contribution in [0.25, 0.3) is 0 Å². The third-order valence-electron chi connectivity index (χ3n) is 4.92. The lowest BCUT2D eigenvalue weighted by Crippen LogP contribution is -2.21. The summed E-state index contributed by atoms with van der Waals surface area (Å²) in [4.78, 5) is 50.0. The number of fused-ring (bicyclic) bond motifs is 1. The van der Waals surface area contributed by atoms with Crippen molar-refractivity contribution in [2.75, 3.05) is 26.1 Å². The molecular formula is C22H23NO7S. The first-order chi connectivity index (χ1) is 14.8. The molecule has 8 nitrogen and oxygen atoms in total. The van der Waals surface area contributed by atoms with Gasteiger partial charge in [0.1, 0.15) is 4.88 Å². The molecule has 1 heterocycles. The third kappa shape index (κ3) is 5.49. The Labute approximate surface area is 183 Å². The monoisotopic (exact) mass is 445 g/mol. The molecule has 1 aromatic carbocycles. The molecule has 1 aliphatic carbocycles. The van der Waals surface area contributed by atoms with Gasteiger partial charge in [0.25, 0.3) is 5.91 Å². The summed E-state index contributed by atoms with van der Waals surface area (Å²) in [6, 6.07) is 5.85. The minimum absolute atomic E-state index is 0.0658. The molecule has 1 unspecified atom stereocenters. The number of methoxy groups -OCH3 is 2. The maximum absolute atomic E-state index is 12.4. The van der Waals surface area contributed by atoms with Crippen molar-refractivity contribution < 1.29 is 33.4 Å². The van der Waals surface area contributed by atoms with Crippen LogP contribution >= 0.6 is 11.3 Å². The Bertz CT molecular complexity index is 993. The molecule has 0 bridgehead atoms. The number of thiophene rings is 1. The van der Waals surface area contributed by atoms with Crippen LogP contribution in [0.5, 0.6) is 0 Å². The predicted octanol–water partition coefficient (Wildman–Crippen LogP) is 3.24. The minimum atomic E-state index is -0.677. The Balaban J connectivity index is 1.64. The number of hydrogen-bond acceptors (Lipinski definition) is 8. The van der Waals surface area contributed by atoms with Crippen molar-refractivity contribution in [3.63, 3.8) is 0 Å². The number of ether oxygens (including phenoxy) is 3. The molecule has 0 saturated carbocycles. The highest BCUT2D eigenvalue weighted by atomic mass is 32.1. The van der Waals surface area contributed by atoms with Crippen LogP contribution in [0.15, 0.2) is 24.3 Å². The molecule has 1 N–H and O–H groups in total. The van der Waals surface area contributed by atoms with Gasteiger partial charge < -0.3 is 19.5 Å². The first kappa shape index (κ1) is 22.5. The van der Waals surface area contributed by atoms with Gasteiger partial charge in [0.05, 0.1) is 25.3 Å². The van der Waals surface area contributed by atoms with Crippen LogP contribution < -0.4 is 5.32 Å². The Morgan fingerprint density at radius 3 is 2.26 bits per heavy atom. The highest BCUT2D eigenvalue weighted by Gasteiger charge is 2.22. The van der Waals surface area contributed by atoms with E-state index in [2.05, 4.69) is 21.7 Å². The van der Waals surface area contributed by atoms with Gasteiger partial charge >= 0.3 is 17.9 Å². The molecule has 1 amide bonds. The van der Waals surface area contributed by atoms with Crippen LogP contribution in [0.1, 0.15) is 54.2 Å². The highest BCUT2D eigenvalue weighted by molar-refractivity contribution is 7.14. The predicted molar refractivity (Wildman–Crippen MR) is 114 cm³/mol. The topological polar surface area (TPSA) is 108 Å². The van der Waals surface area contributed by atoms with Gasteiger partial charge in [-0.15, -0.1) is 11.3 Å². The quantitative estimate of drug-likeness (QED) is 0.537. The Kier molecular flexibility index (Phi) is 7.06. The Morgan fingerprint density at radius 1 is 1.00 bits per heavy atom. The van der Waals surface area contributed by atoms with Crippen LogP contribution in [0.2, 0.25) is 0 Å². The molecule has 1 aliphatic rings. The normalized spacial score (nSPS) is 14.9. The van der Waals surface area contributed by atoms with Gasteiger partial charge in [-0.3, -0.25) is 4.79 Å². The van der Waals surface area contributed by atoms with Crippen LogP contribution in [0.4, 0.5) is 5.69 Å². The summed E-state index contributed by atoms with van der Waals surface area (Å²) in [5, 5.41) is 2.51. The maximum atomic E-state index is 12.4. The summed E-state index contributed by atoms with van der Waals surface area (Å²) >= 11 is 1.41. The number of hydrogen-bond donors (Lipinski definition) is 1. The summed E-state index contributed by atoms with van der Waals surface area (Å²) in [6.07, 6.45) is 3.00. The second-order valence-corrected chi connectivity index (χ2v) is 8.45. The van der Waals surface area contributed by atoms with E-state index in [4.69, 9.17) is 4.74 Å². The number of rotatable bonds is 6. The fraction of sp³-hybridized carbons (Fsp3) is 0.364. The molecule has 0 radical (unpaired) electrons. The lowest BCUT2D eigenvalue weighted by atomic mass is 9.90. The van der Waals surface area contributed by atoms with Gasteiger partial charge in [0, 0.05) is 10.6 Å². The minimum Gasteiger partial charge on any atom is -0.465 e. The second-order valence-electron chi connectivity index (χ2n) is 7.31. The van der Waals surface area contributed by atoms with Crippen molar-refractivity contribution >= 4 is 40.8 Å². The molecule has 3 rings (SSSR count). The van der Waals surface area contributed by atoms with Crippen molar-refractivity contribution in [2.24, 2.45) is 5.92 Å². The van der Waals surface area contributed by atoms with E-state index in [1.54, 1.807) is 0 Å². The van der Waals surface area contributed by atoms with Crippen LogP contribution in [-0.2, 0) is 31.8 Å². The first-order valence-electron chi connectivity index (χ1n) is 9.71. The smallest absolute Gasteiger partial charge is 0.348 e. The zero-order valence-corrected chi connectivity index (χ0v) is 18.3. The molecule has 1 aromatic heterocycles. The van der Waals surface area contributed by atoms with Gasteiger partial charge in [0.2, 0.25) is 0 Å². The largest absolute Gasteiger partial charge is 0.465 e. The number of aryl methyl sites for hydroxylation is 1. The summed E-state index contributed by atoms with van der Waals surface area (Å²) in [5.74, 6) is -1.93. The van der Waals surface area contributed by atoms with Gasteiger partial charge in [-0.1, -0.05) is 6.92 Å². The molecule has 9 heteroatoms. The standard InChI is InChI=1S/C22H23NO7S/c1-12-4-5-17-13(6-12)10-18(31-17)22(27)30-11-19(24)23-16-8-14(20(25)28-2)7-15(9-16)21(26)29-3/h7-10,12H,4-6,11H2,1-3H3,(H,23,24). The van der Waals surface area contributed by atoms with Gasteiger partial charge in [-0.2, -0.15) is 0 Å². The first-order valence-corrected chi connectivity index (χ1v) is 10.5. The van der Waals surface area contributed by atoms with E-state index in [1.807, 2.05) is 6.07 Å². The van der Waals surface area contributed by atoms with Crippen LogP contribution in [0.3, 0.4) is 0 Å². The number of nitrogens with one attached hydrogen (secondary N) is 1. The van der Waals surface area contributed by atoms with Crippen molar-refractivity contribution in [1.82, 2.24) is 0 Å². The number of carbonyl (C=O) groups excluding carboxylic acids is 4. The van der Waals surface area contributed by atoms with E-state index in [0.717, 1.165) is 19.3 Å². The zero-order chi connectivity index (χ0) is 22.5. The number of anilines is 1. The summed E-state index contributed by atoms with van der Waals surface area (Å²) in [7, 11) is 2.40. The lowest BCUT2D eigenvalue weighted by molar-refractivity contribution is -0.119. The number of esters is 3. The molecule has 1 atom stereocenters. The van der Waals surface area contributed by atoms with E-state index in [1.165, 1.54) is 54.2 Å². The van der Waals surface area contributed by atoms with Crippen molar-refractivity contribution in [3.8, 4) is 0 Å². The molecule has 2 aromatic rings.